The highest BCUT2D eigenvalue weighted by Crippen LogP contribution is 2.35. The summed E-state index contributed by atoms with van der Waals surface area (Å²) in [5.74, 6) is -0.198. The van der Waals surface area contributed by atoms with Crippen LogP contribution in [0, 0.1) is 19.7 Å². The Bertz CT molecular complexity index is 791. The van der Waals surface area contributed by atoms with Crippen molar-refractivity contribution in [1.29, 1.82) is 0 Å². The van der Waals surface area contributed by atoms with Crippen molar-refractivity contribution in [1.82, 2.24) is 0 Å². The van der Waals surface area contributed by atoms with E-state index in [9.17, 15) is 4.39 Å². The minimum Gasteiger partial charge on any atom is -0.207 e. The Morgan fingerprint density at radius 1 is 1.05 bits per heavy atom. The zero-order valence-electron chi connectivity index (χ0n) is 12.0. The van der Waals surface area contributed by atoms with Gasteiger partial charge in [0, 0.05) is 9.58 Å². The van der Waals surface area contributed by atoms with Crippen LogP contribution in [0.5, 0.6) is 0 Å². The van der Waals surface area contributed by atoms with Crippen molar-refractivity contribution in [2.75, 3.05) is 0 Å². The molecular formula is C18H16ClFS. The van der Waals surface area contributed by atoms with Gasteiger partial charge >= 0.3 is 0 Å². The molecule has 1 aromatic heterocycles. The van der Waals surface area contributed by atoms with Crippen LogP contribution in [0.15, 0.2) is 42.5 Å². The van der Waals surface area contributed by atoms with E-state index in [4.69, 9.17) is 11.6 Å². The van der Waals surface area contributed by atoms with Gasteiger partial charge in [-0.05, 0) is 60.5 Å². The number of rotatable bonds is 3. The summed E-state index contributed by atoms with van der Waals surface area (Å²) < 4.78 is 14.2. The van der Waals surface area contributed by atoms with Crippen molar-refractivity contribution >= 4 is 33.0 Å². The molecule has 21 heavy (non-hydrogen) atoms. The van der Waals surface area contributed by atoms with E-state index >= 15 is 0 Å². The van der Waals surface area contributed by atoms with Gasteiger partial charge in [0.1, 0.15) is 5.82 Å². The topological polar surface area (TPSA) is 0 Å². The molecule has 1 unspecified atom stereocenters. The minimum absolute atomic E-state index is 0.0763. The quantitative estimate of drug-likeness (QED) is 0.506. The molecule has 3 heteroatoms. The normalized spacial score (nSPS) is 12.8. The van der Waals surface area contributed by atoms with Crippen molar-refractivity contribution in [2.45, 2.75) is 25.6 Å². The monoisotopic (exact) mass is 318 g/mol. The second-order valence-corrected chi connectivity index (χ2v) is 7.06. The Morgan fingerprint density at radius 2 is 1.86 bits per heavy atom. The van der Waals surface area contributed by atoms with Crippen molar-refractivity contribution in [2.24, 2.45) is 0 Å². The maximum absolute atomic E-state index is 13.2. The number of halogens is 2. The van der Waals surface area contributed by atoms with E-state index < -0.39 is 0 Å². The average molecular weight is 319 g/mol. The predicted molar refractivity (Wildman–Crippen MR) is 90.0 cm³/mol. The Labute approximate surface area is 133 Å². The fourth-order valence-electron chi connectivity index (χ4n) is 2.42. The van der Waals surface area contributed by atoms with Crippen LogP contribution in [0.2, 0.25) is 0 Å². The summed E-state index contributed by atoms with van der Waals surface area (Å²) in [5.41, 5.74) is 3.82. The standard InChI is InChI=1S/C18H16ClFS/c1-11-3-4-13(7-12(11)2)8-16(19)18-9-14-5-6-15(20)10-17(14)21-18/h3-7,9-10,16H,8H2,1-2H3. The van der Waals surface area contributed by atoms with Gasteiger partial charge in [-0.15, -0.1) is 22.9 Å². The molecule has 0 amide bonds. The molecule has 0 nitrogen and oxygen atoms in total. The number of thiophene rings is 1. The van der Waals surface area contributed by atoms with Gasteiger partial charge in [-0.25, -0.2) is 4.39 Å². The van der Waals surface area contributed by atoms with Gasteiger partial charge in [0.2, 0.25) is 0 Å². The summed E-state index contributed by atoms with van der Waals surface area (Å²) in [6, 6.07) is 13.4. The molecule has 1 heterocycles. The largest absolute Gasteiger partial charge is 0.207 e. The Hall–Kier alpha value is -1.38. The Kier molecular flexibility index (Phi) is 4.01. The lowest BCUT2D eigenvalue weighted by Crippen LogP contribution is -1.94. The van der Waals surface area contributed by atoms with E-state index in [2.05, 4.69) is 38.1 Å². The highest BCUT2D eigenvalue weighted by atomic mass is 35.5. The predicted octanol–water partition coefficient (Wildman–Crippen LogP) is 6.18. The number of aryl methyl sites for hydroxylation is 2. The Balaban J connectivity index is 1.85. The van der Waals surface area contributed by atoms with Crippen LogP contribution in [-0.2, 0) is 6.42 Å². The first-order chi connectivity index (χ1) is 10.0. The molecule has 0 N–H and O–H groups in total. The SMILES string of the molecule is Cc1ccc(CC(Cl)c2cc3ccc(F)cc3s2)cc1C. The molecule has 0 spiro atoms. The molecule has 0 saturated heterocycles. The first-order valence-electron chi connectivity index (χ1n) is 6.92. The smallest absolute Gasteiger partial charge is 0.124 e. The number of hydrogen-bond donors (Lipinski definition) is 0. The Morgan fingerprint density at radius 3 is 2.62 bits per heavy atom. The van der Waals surface area contributed by atoms with Gasteiger partial charge in [-0.2, -0.15) is 0 Å². The zero-order chi connectivity index (χ0) is 15.0. The summed E-state index contributed by atoms with van der Waals surface area (Å²) in [5, 5.41) is 0.981. The minimum atomic E-state index is -0.198. The van der Waals surface area contributed by atoms with E-state index in [0.29, 0.717) is 0 Å². The second-order valence-electron chi connectivity index (χ2n) is 5.42. The van der Waals surface area contributed by atoms with E-state index in [0.717, 1.165) is 21.4 Å². The van der Waals surface area contributed by atoms with Crippen LogP contribution in [0.1, 0.15) is 26.9 Å². The highest BCUT2D eigenvalue weighted by molar-refractivity contribution is 7.19. The van der Waals surface area contributed by atoms with Gasteiger partial charge in [0.15, 0.2) is 0 Å². The van der Waals surface area contributed by atoms with Crippen LogP contribution < -0.4 is 0 Å². The van der Waals surface area contributed by atoms with Crippen molar-refractivity contribution in [3.05, 3.63) is 69.8 Å². The molecule has 0 bridgehead atoms. The molecule has 0 aliphatic heterocycles. The lowest BCUT2D eigenvalue weighted by molar-refractivity contribution is 0.630. The van der Waals surface area contributed by atoms with E-state index in [1.165, 1.54) is 22.8 Å². The van der Waals surface area contributed by atoms with Crippen LogP contribution in [-0.4, -0.2) is 0 Å². The van der Waals surface area contributed by atoms with Gasteiger partial charge < -0.3 is 0 Å². The highest BCUT2D eigenvalue weighted by Gasteiger charge is 2.13. The van der Waals surface area contributed by atoms with Crippen LogP contribution in [0.3, 0.4) is 0 Å². The summed E-state index contributed by atoms with van der Waals surface area (Å²) in [4.78, 5) is 1.09. The van der Waals surface area contributed by atoms with Gasteiger partial charge in [-0.1, -0.05) is 24.3 Å². The van der Waals surface area contributed by atoms with E-state index in [-0.39, 0.29) is 11.2 Å². The maximum Gasteiger partial charge on any atom is 0.124 e. The summed E-state index contributed by atoms with van der Waals surface area (Å²) in [7, 11) is 0. The molecule has 108 valence electrons. The summed E-state index contributed by atoms with van der Waals surface area (Å²) in [6.07, 6.45) is 0.790. The number of benzene rings is 2. The molecule has 3 aromatic rings. The molecule has 0 saturated carbocycles. The number of alkyl halides is 1. The van der Waals surface area contributed by atoms with Crippen LogP contribution in [0.25, 0.3) is 10.1 Å². The van der Waals surface area contributed by atoms with Crippen LogP contribution >= 0.6 is 22.9 Å². The molecule has 0 aliphatic rings. The number of hydrogen-bond acceptors (Lipinski definition) is 1. The molecule has 0 radical (unpaired) electrons. The van der Waals surface area contributed by atoms with Gasteiger partial charge in [0.05, 0.1) is 5.38 Å². The fourth-order valence-corrected chi connectivity index (χ4v) is 3.86. The van der Waals surface area contributed by atoms with E-state index in [1.807, 2.05) is 6.07 Å². The lowest BCUT2D eigenvalue weighted by atomic mass is 10.0. The van der Waals surface area contributed by atoms with Crippen LogP contribution in [0.4, 0.5) is 4.39 Å². The second kappa shape index (κ2) is 5.78. The van der Waals surface area contributed by atoms with E-state index in [1.54, 1.807) is 17.4 Å². The van der Waals surface area contributed by atoms with Gasteiger partial charge in [-0.3, -0.25) is 0 Å². The third kappa shape index (κ3) is 3.12. The zero-order valence-corrected chi connectivity index (χ0v) is 13.6. The summed E-state index contributed by atoms with van der Waals surface area (Å²) in [6.45, 7) is 4.22. The van der Waals surface area contributed by atoms with Crippen molar-refractivity contribution in [3.63, 3.8) is 0 Å². The van der Waals surface area contributed by atoms with Crippen molar-refractivity contribution in [3.8, 4) is 0 Å². The van der Waals surface area contributed by atoms with Crippen molar-refractivity contribution < 1.29 is 4.39 Å². The first kappa shape index (κ1) is 14.6. The molecule has 1 atom stereocenters. The average Bonchev–Trinajstić information content (AvgIpc) is 2.86. The fraction of sp³-hybridized carbons (Fsp3) is 0.222. The molecule has 3 rings (SSSR count). The molecule has 0 aliphatic carbocycles. The maximum atomic E-state index is 13.2. The molecular weight excluding hydrogens is 303 g/mol. The molecule has 2 aromatic carbocycles. The first-order valence-corrected chi connectivity index (χ1v) is 8.17. The third-order valence-corrected chi connectivity index (χ3v) is 5.53. The number of fused-ring (bicyclic) bond motifs is 1. The summed E-state index contributed by atoms with van der Waals surface area (Å²) >= 11 is 8.13. The molecule has 0 fully saturated rings. The van der Waals surface area contributed by atoms with Gasteiger partial charge in [0.25, 0.3) is 0 Å². The third-order valence-electron chi connectivity index (χ3n) is 3.80. The lowest BCUT2D eigenvalue weighted by Gasteiger charge is -2.09.